The summed E-state index contributed by atoms with van der Waals surface area (Å²) < 4.78 is 0. The molecule has 1 fully saturated rings. The maximum Gasteiger partial charge on any atom is 0.0112 e. The Balaban J connectivity index is 2.09. The minimum absolute atomic E-state index is 0.381. The van der Waals surface area contributed by atoms with E-state index in [1.54, 1.807) is 0 Å². The fourth-order valence-electron chi connectivity index (χ4n) is 2.80. The van der Waals surface area contributed by atoms with E-state index in [1.165, 1.54) is 51.6 Å². The Morgan fingerprint density at radius 3 is 2.33 bits per heavy atom. The van der Waals surface area contributed by atoms with Crippen molar-refractivity contribution in [2.45, 2.75) is 78.3 Å². The molecule has 1 atom stereocenters. The molecule has 2 heteroatoms. The molecule has 0 saturated heterocycles. The van der Waals surface area contributed by atoms with E-state index in [2.05, 4.69) is 45.0 Å². The maximum absolute atomic E-state index is 3.73. The molecule has 0 bridgehead atoms. The number of nitrogens with one attached hydrogen (secondary N) is 1. The van der Waals surface area contributed by atoms with Crippen molar-refractivity contribution < 1.29 is 0 Å². The Kier molecular flexibility index (Phi) is 6.65. The standard InChI is InChI=1S/C16H34N2/c1-14(16(2,3)4)18(5)13-9-12-17-15-10-7-6-8-11-15/h14-15,17H,6-13H2,1-5H3. The van der Waals surface area contributed by atoms with Gasteiger partial charge in [0.05, 0.1) is 0 Å². The van der Waals surface area contributed by atoms with Crippen LogP contribution in [0.2, 0.25) is 0 Å². The van der Waals surface area contributed by atoms with Gasteiger partial charge in [-0.15, -0.1) is 0 Å². The topological polar surface area (TPSA) is 15.3 Å². The monoisotopic (exact) mass is 254 g/mol. The van der Waals surface area contributed by atoms with Crippen molar-refractivity contribution in [2.75, 3.05) is 20.1 Å². The average molecular weight is 254 g/mol. The smallest absolute Gasteiger partial charge is 0.0112 e. The molecular formula is C16H34N2. The molecule has 108 valence electrons. The van der Waals surface area contributed by atoms with Gasteiger partial charge in [0, 0.05) is 12.1 Å². The van der Waals surface area contributed by atoms with Crippen molar-refractivity contribution >= 4 is 0 Å². The molecule has 0 radical (unpaired) electrons. The largest absolute Gasteiger partial charge is 0.314 e. The summed E-state index contributed by atoms with van der Waals surface area (Å²) >= 11 is 0. The molecule has 0 amide bonds. The van der Waals surface area contributed by atoms with Crippen LogP contribution >= 0.6 is 0 Å². The molecule has 1 saturated carbocycles. The van der Waals surface area contributed by atoms with Crippen molar-refractivity contribution in [3.8, 4) is 0 Å². The third-order valence-electron chi connectivity index (χ3n) is 4.64. The van der Waals surface area contributed by atoms with Crippen molar-refractivity contribution in [1.29, 1.82) is 0 Å². The van der Waals surface area contributed by atoms with Gasteiger partial charge < -0.3 is 10.2 Å². The highest BCUT2D eigenvalue weighted by molar-refractivity contribution is 4.78. The first-order valence-electron chi connectivity index (χ1n) is 7.85. The van der Waals surface area contributed by atoms with Crippen molar-refractivity contribution in [1.82, 2.24) is 10.2 Å². The highest BCUT2D eigenvalue weighted by Gasteiger charge is 2.23. The Labute approximate surface area is 115 Å². The van der Waals surface area contributed by atoms with Gasteiger partial charge in [0.1, 0.15) is 0 Å². The number of hydrogen-bond acceptors (Lipinski definition) is 2. The number of hydrogen-bond donors (Lipinski definition) is 1. The lowest BCUT2D eigenvalue weighted by Crippen LogP contribution is -2.41. The molecule has 1 rings (SSSR count). The van der Waals surface area contributed by atoms with Crippen LogP contribution < -0.4 is 5.32 Å². The molecule has 1 N–H and O–H groups in total. The van der Waals surface area contributed by atoms with Gasteiger partial charge in [-0.2, -0.15) is 0 Å². The molecule has 18 heavy (non-hydrogen) atoms. The summed E-state index contributed by atoms with van der Waals surface area (Å²) in [5.74, 6) is 0. The minimum atomic E-state index is 0.381. The first-order chi connectivity index (χ1) is 8.41. The van der Waals surface area contributed by atoms with E-state index < -0.39 is 0 Å². The zero-order valence-corrected chi connectivity index (χ0v) is 13.3. The third-order valence-corrected chi connectivity index (χ3v) is 4.64. The number of nitrogens with zero attached hydrogens (tertiary/aromatic N) is 1. The summed E-state index contributed by atoms with van der Waals surface area (Å²) in [5, 5.41) is 3.73. The van der Waals surface area contributed by atoms with E-state index in [0.717, 1.165) is 6.04 Å². The lowest BCUT2D eigenvalue weighted by atomic mass is 9.87. The van der Waals surface area contributed by atoms with E-state index in [-0.39, 0.29) is 0 Å². The molecular weight excluding hydrogens is 220 g/mol. The summed E-state index contributed by atoms with van der Waals surface area (Å²) in [6.07, 6.45) is 8.37. The first-order valence-corrected chi connectivity index (χ1v) is 7.85. The molecule has 1 unspecified atom stereocenters. The minimum Gasteiger partial charge on any atom is -0.314 e. The van der Waals surface area contributed by atoms with E-state index in [1.807, 2.05) is 0 Å². The van der Waals surface area contributed by atoms with Gasteiger partial charge >= 0.3 is 0 Å². The van der Waals surface area contributed by atoms with Gasteiger partial charge in [-0.25, -0.2) is 0 Å². The Bertz CT molecular complexity index is 214. The first kappa shape index (κ1) is 16.0. The zero-order chi connectivity index (χ0) is 13.6. The molecule has 0 aromatic heterocycles. The predicted octanol–water partition coefficient (Wildman–Crippen LogP) is 3.67. The summed E-state index contributed by atoms with van der Waals surface area (Å²) in [6.45, 7) is 11.7. The van der Waals surface area contributed by atoms with Crippen LogP contribution in [0.3, 0.4) is 0 Å². The van der Waals surface area contributed by atoms with Crippen LogP contribution in [0, 0.1) is 5.41 Å². The zero-order valence-electron chi connectivity index (χ0n) is 13.3. The van der Waals surface area contributed by atoms with Gasteiger partial charge in [-0.05, 0) is 51.7 Å². The normalized spacial score (nSPS) is 20.3. The SMILES string of the molecule is CC(N(C)CCCNC1CCCCC1)C(C)(C)C. The lowest BCUT2D eigenvalue weighted by molar-refractivity contribution is 0.139. The van der Waals surface area contributed by atoms with E-state index in [0.29, 0.717) is 11.5 Å². The fraction of sp³-hybridized carbons (Fsp3) is 1.00. The second-order valence-electron chi connectivity index (χ2n) is 7.17. The van der Waals surface area contributed by atoms with Gasteiger partial charge in [0.15, 0.2) is 0 Å². The molecule has 0 heterocycles. The molecule has 1 aliphatic rings. The Morgan fingerprint density at radius 2 is 1.78 bits per heavy atom. The molecule has 0 aliphatic heterocycles. The highest BCUT2D eigenvalue weighted by atomic mass is 15.1. The Hall–Kier alpha value is -0.0800. The van der Waals surface area contributed by atoms with Gasteiger partial charge in [0.2, 0.25) is 0 Å². The van der Waals surface area contributed by atoms with Crippen LogP contribution in [0.4, 0.5) is 0 Å². The van der Waals surface area contributed by atoms with Crippen molar-refractivity contribution in [3.05, 3.63) is 0 Å². The van der Waals surface area contributed by atoms with Crippen LogP contribution in [-0.2, 0) is 0 Å². The third kappa shape index (κ3) is 5.71. The molecule has 2 nitrogen and oxygen atoms in total. The van der Waals surface area contributed by atoms with Crippen LogP contribution in [0.25, 0.3) is 0 Å². The summed E-state index contributed by atoms with van der Waals surface area (Å²) in [5.41, 5.74) is 0.381. The second-order valence-corrected chi connectivity index (χ2v) is 7.17. The van der Waals surface area contributed by atoms with E-state index >= 15 is 0 Å². The lowest BCUT2D eigenvalue weighted by Gasteiger charge is -2.35. The molecule has 1 aliphatic carbocycles. The van der Waals surface area contributed by atoms with Crippen LogP contribution in [0.1, 0.15) is 66.2 Å². The quantitative estimate of drug-likeness (QED) is 0.728. The van der Waals surface area contributed by atoms with Crippen molar-refractivity contribution in [3.63, 3.8) is 0 Å². The van der Waals surface area contributed by atoms with Crippen LogP contribution in [0.5, 0.6) is 0 Å². The summed E-state index contributed by atoms with van der Waals surface area (Å²) in [6, 6.07) is 1.45. The summed E-state index contributed by atoms with van der Waals surface area (Å²) in [4.78, 5) is 2.50. The Morgan fingerprint density at radius 1 is 1.17 bits per heavy atom. The molecule has 0 aromatic carbocycles. The highest BCUT2D eigenvalue weighted by Crippen LogP contribution is 2.23. The number of rotatable bonds is 6. The molecule has 0 spiro atoms. The predicted molar refractivity (Wildman–Crippen MR) is 81.0 cm³/mol. The molecule has 0 aromatic rings. The van der Waals surface area contributed by atoms with E-state index in [4.69, 9.17) is 0 Å². The summed E-state index contributed by atoms with van der Waals surface area (Å²) in [7, 11) is 2.26. The average Bonchev–Trinajstić information content (AvgIpc) is 2.33. The van der Waals surface area contributed by atoms with Crippen LogP contribution in [0.15, 0.2) is 0 Å². The van der Waals surface area contributed by atoms with Gasteiger partial charge in [-0.1, -0.05) is 40.0 Å². The van der Waals surface area contributed by atoms with Crippen molar-refractivity contribution in [2.24, 2.45) is 5.41 Å². The fourth-order valence-corrected chi connectivity index (χ4v) is 2.80. The second kappa shape index (κ2) is 7.49. The van der Waals surface area contributed by atoms with Gasteiger partial charge in [0.25, 0.3) is 0 Å². The van der Waals surface area contributed by atoms with Crippen LogP contribution in [-0.4, -0.2) is 37.1 Å². The maximum atomic E-state index is 3.73. The van der Waals surface area contributed by atoms with Gasteiger partial charge in [-0.3, -0.25) is 0 Å². The van der Waals surface area contributed by atoms with E-state index in [9.17, 15) is 0 Å².